The van der Waals surface area contributed by atoms with Gasteiger partial charge in [-0.05, 0) is 37.0 Å². The lowest BCUT2D eigenvalue weighted by molar-refractivity contribution is 1.000. The summed E-state index contributed by atoms with van der Waals surface area (Å²) < 4.78 is 1.11. The van der Waals surface area contributed by atoms with Crippen molar-refractivity contribution in [1.82, 2.24) is 0 Å². The summed E-state index contributed by atoms with van der Waals surface area (Å²) in [6.45, 7) is 0. The summed E-state index contributed by atoms with van der Waals surface area (Å²) in [6, 6.07) is 6.04. The second-order valence-electron chi connectivity index (χ2n) is 3.44. The third-order valence-electron chi connectivity index (χ3n) is 2.15. The molecule has 1 nitrogen and oxygen atoms in total. The van der Waals surface area contributed by atoms with E-state index in [2.05, 4.69) is 22.0 Å². The summed E-state index contributed by atoms with van der Waals surface area (Å²) in [4.78, 5) is 1.21. The van der Waals surface area contributed by atoms with Crippen molar-refractivity contribution >= 4 is 33.4 Å². The first-order chi connectivity index (χ1) is 6.25. The molecule has 0 amide bonds. The van der Waals surface area contributed by atoms with Crippen LogP contribution in [0.3, 0.4) is 0 Å². The lowest BCUT2D eigenvalue weighted by Gasteiger charge is -2.04. The van der Waals surface area contributed by atoms with Crippen LogP contribution in [-0.4, -0.2) is 5.75 Å². The van der Waals surface area contributed by atoms with Crippen LogP contribution in [0.25, 0.3) is 0 Å². The minimum atomic E-state index is 0.897. The molecular weight excluding hydrogens is 246 g/mol. The molecule has 13 heavy (non-hydrogen) atoms. The maximum Gasteiger partial charge on any atom is 0.0453 e. The first kappa shape index (κ1) is 9.41. The van der Waals surface area contributed by atoms with Crippen LogP contribution in [-0.2, 0) is 0 Å². The maximum absolute atomic E-state index is 5.85. The van der Waals surface area contributed by atoms with E-state index in [9.17, 15) is 0 Å². The topological polar surface area (TPSA) is 26.0 Å². The van der Waals surface area contributed by atoms with E-state index >= 15 is 0 Å². The minimum Gasteiger partial charge on any atom is -0.398 e. The molecule has 70 valence electrons. The molecular formula is C10H12BrNS. The summed E-state index contributed by atoms with van der Waals surface area (Å²) in [7, 11) is 0. The predicted molar refractivity (Wildman–Crippen MR) is 62.0 cm³/mol. The molecule has 2 N–H and O–H groups in total. The van der Waals surface area contributed by atoms with Crippen molar-refractivity contribution in [2.24, 2.45) is 5.92 Å². The Morgan fingerprint density at radius 2 is 2.23 bits per heavy atom. The zero-order valence-electron chi connectivity index (χ0n) is 7.29. The fourth-order valence-electron chi connectivity index (χ4n) is 1.13. The number of anilines is 1. The summed E-state index contributed by atoms with van der Waals surface area (Å²) in [6.07, 6.45) is 2.81. The molecule has 1 saturated carbocycles. The lowest BCUT2D eigenvalue weighted by atomic mass is 10.3. The van der Waals surface area contributed by atoms with E-state index in [1.807, 2.05) is 23.9 Å². The van der Waals surface area contributed by atoms with Gasteiger partial charge in [-0.2, -0.15) is 0 Å². The van der Waals surface area contributed by atoms with E-state index in [-0.39, 0.29) is 0 Å². The van der Waals surface area contributed by atoms with Crippen molar-refractivity contribution in [1.29, 1.82) is 0 Å². The summed E-state index contributed by atoms with van der Waals surface area (Å²) in [5.41, 5.74) is 6.75. The molecule has 3 heteroatoms. The van der Waals surface area contributed by atoms with Crippen LogP contribution in [0.1, 0.15) is 12.8 Å². The first-order valence-electron chi connectivity index (χ1n) is 4.43. The standard InChI is InChI=1S/C10H12BrNS/c11-8-3-4-9(12)10(5-8)13-6-7-1-2-7/h3-5,7H,1-2,6,12H2. The van der Waals surface area contributed by atoms with Gasteiger partial charge in [0.15, 0.2) is 0 Å². The molecule has 0 bridgehead atoms. The number of nitrogen functional groups attached to an aromatic ring is 1. The largest absolute Gasteiger partial charge is 0.398 e. The Balaban J connectivity index is 2.03. The quantitative estimate of drug-likeness (QED) is 0.663. The highest BCUT2D eigenvalue weighted by Crippen LogP contribution is 2.37. The maximum atomic E-state index is 5.85. The third kappa shape index (κ3) is 2.64. The van der Waals surface area contributed by atoms with Gasteiger partial charge >= 0.3 is 0 Å². The van der Waals surface area contributed by atoms with Crippen molar-refractivity contribution in [3.05, 3.63) is 22.7 Å². The van der Waals surface area contributed by atoms with Gasteiger partial charge in [-0.1, -0.05) is 15.9 Å². The number of thioether (sulfide) groups is 1. The molecule has 0 unspecified atom stereocenters. The molecule has 2 rings (SSSR count). The van der Waals surface area contributed by atoms with Crippen molar-refractivity contribution in [3.8, 4) is 0 Å². The summed E-state index contributed by atoms with van der Waals surface area (Å²) >= 11 is 5.33. The molecule has 0 aromatic heterocycles. The van der Waals surface area contributed by atoms with Gasteiger partial charge in [0.2, 0.25) is 0 Å². The van der Waals surface area contributed by atoms with Gasteiger partial charge in [-0.3, -0.25) is 0 Å². The van der Waals surface area contributed by atoms with Crippen LogP contribution >= 0.6 is 27.7 Å². The minimum absolute atomic E-state index is 0.897. The molecule has 1 aliphatic carbocycles. The number of benzene rings is 1. The molecule has 1 aromatic rings. The van der Waals surface area contributed by atoms with Gasteiger partial charge in [0, 0.05) is 20.8 Å². The van der Waals surface area contributed by atoms with Crippen LogP contribution < -0.4 is 5.73 Å². The van der Waals surface area contributed by atoms with Crippen LogP contribution in [0, 0.1) is 5.92 Å². The Kier molecular flexibility index (Phi) is 2.84. The summed E-state index contributed by atoms with van der Waals surface area (Å²) in [5.74, 6) is 2.17. The number of halogens is 1. The van der Waals surface area contributed by atoms with E-state index in [0.717, 1.165) is 16.1 Å². The Morgan fingerprint density at radius 1 is 1.46 bits per heavy atom. The average molecular weight is 258 g/mol. The van der Waals surface area contributed by atoms with Crippen LogP contribution in [0.2, 0.25) is 0 Å². The second-order valence-corrected chi connectivity index (χ2v) is 5.41. The number of hydrogen-bond acceptors (Lipinski definition) is 2. The Bertz CT molecular complexity index is 310. The summed E-state index contributed by atoms with van der Waals surface area (Å²) in [5, 5.41) is 0. The molecule has 0 spiro atoms. The lowest BCUT2D eigenvalue weighted by Crippen LogP contribution is -1.89. The van der Waals surface area contributed by atoms with Crippen molar-refractivity contribution in [2.45, 2.75) is 17.7 Å². The average Bonchev–Trinajstić information content (AvgIpc) is 2.90. The van der Waals surface area contributed by atoms with Crippen LogP contribution in [0.5, 0.6) is 0 Å². The van der Waals surface area contributed by atoms with E-state index in [0.29, 0.717) is 0 Å². The Labute approximate surface area is 91.2 Å². The number of nitrogens with two attached hydrogens (primary N) is 1. The van der Waals surface area contributed by atoms with E-state index < -0.39 is 0 Å². The van der Waals surface area contributed by atoms with Gasteiger partial charge in [-0.15, -0.1) is 11.8 Å². The Morgan fingerprint density at radius 3 is 2.92 bits per heavy atom. The van der Waals surface area contributed by atoms with Crippen molar-refractivity contribution < 1.29 is 0 Å². The normalized spacial score (nSPS) is 16.1. The van der Waals surface area contributed by atoms with Crippen LogP contribution in [0.15, 0.2) is 27.6 Å². The van der Waals surface area contributed by atoms with Gasteiger partial charge in [0.25, 0.3) is 0 Å². The zero-order chi connectivity index (χ0) is 9.26. The SMILES string of the molecule is Nc1ccc(Br)cc1SCC1CC1. The smallest absolute Gasteiger partial charge is 0.0453 e. The Hall–Kier alpha value is -0.150. The zero-order valence-corrected chi connectivity index (χ0v) is 9.70. The number of hydrogen-bond donors (Lipinski definition) is 1. The van der Waals surface area contributed by atoms with E-state index in [1.165, 1.54) is 23.5 Å². The molecule has 0 aliphatic heterocycles. The molecule has 1 aliphatic rings. The predicted octanol–water partition coefficient (Wildman–Crippen LogP) is 3.53. The van der Waals surface area contributed by atoms with E-state index in [4.69, 9.17) is 5.73 Å². The van der Waals surface area contributed by atoms with Crippen molar-refractivity contribution in [2.75, 3.05) is 11.5 Å². The number of rotatable bonds is 3. The monoisotopic (exact) mass is 257 g/mol. The van der Waals surface area contributed by atoms with Gasteiger partial charge in [0.1, 0.15) is 0 Å². The fourth-order valence-corrected chi connectivity index (χ4v) is 2.83. The molecule has 0 radical (unpaired) electrons. The van der Waals surface area contributed by atoms with Crippen LogP contribution in [0.4, 0.5) is 5.69 Å². The highest BCUT2D eigenvalue weighted by molar-refractivity contribution is 9.10. The highest BCUT2D eigenvalue weighted by Gasteiger charge is 2.21. The molecule has 1 fully saturated rings. The molecule has 0 heterocycles. The molecule has 1 aromatic carbocycles. The first-order valence-corrected chi connectivity index (χ1v) is 6.21. The third-order valence-corrected chi connectivity index (χ3v) is 3.94. The molecule has 0 saturated heterocycles. The highest BCUT2D eigenvalue weighted by atomic mass is 79.9. The van der Waals surface area contributed by atoms with E-state index in [1.54, 1.807) is 0 Å². The van der Waals surface area contributed by atoms with Crippen molar-refractivity contribution in [3.63, 3.8) is 0 Å². The molecule has 0 atom stereocenters. The van der Waals surface area contributed by atoms with Gasteiger partial charge in [-0.25, -0.2) is 0 Å². The second kappa shape index (κ2) is 3.93. The fraction of sp³-hybridized carbons (Fsp3) is 0.400. The van der Waals surface area contributed by atoms with Gasteiger partial charge in [0.05, 0.1) is 0 Å². The van der Waals surface area contributed by atoms with Gasteiger partial charge < -0.3 is 5.73 Å².